The van der Waals surface area contributed by atoms with Crippen molar-refractivity contribution < 1.29 is 22.6 Å². The van der Waals surface area contributed by atoms with Gasteiger partial charge in [-0.05, 0) is 35.7 Å². The molecular weight excluding hydrogens is 540 g/mol. The molecule has 0 spiro atoms. The fourth-order valence-electron chi connectivity index (χ4n) is 3.35. The molecule has 0 saturated carbocycles. The number of alkyl halides is 3. The van der Waals surface area contributed by atoms with Gasteiger partial charge < -0.3 is 25.0 Å². The number of nitrogens with one attached hydrogen (secondary N) is 2. The molecule has 8 nitrogen and oxygen atoms in total. The number of fused-ring (bicyclic) bond motifs is 1. The Morgan fingerprint density at radius 3 is 2.47 bits per heavy atom. The Morgan fingerprint density at radius 1 is 1.16 bits per heavy atom. The van der Waals surface area contributed by atoms with E-state index in [0.717, 1.165) is 30.8 Å². The third kappa shape index (κ3) is 6.26. The van der Waals surface area contributed by atoms with Crippen molar-refractivity contribution >= 4 is 35.9 Å². The zero-order chi connectivity index (χ0) is 22.4. The summed E-state index contributed by atoms with van der Waals surface area (Å²) >= 11 is 0. The first-order valence-corrected chi connectivity index (χ1v) is 9.69. The molecule has 1 aromatic heterocycles. The first-order chi connectivity index (χ1) is 14.9. The second-order valence-corrected chi connectivity index (χ2v) is 6.81. The third-order valence-electron chi connectivity index (χ3n) is 4.87. The number of guanidine groups is 1. The Labute approximate surface area is 201 Å². The van der Waals surface area contributed by atoms with Crippen LogP contribution in [0.2, 0.25) is 0 Å². The summed E-state index contributed by atoms with van der Waals surface area (Å²) in [5, 5.41) is 6.01. The summed E-state index contributed by atoms with van der Waals surface area (Å²) in [6.45, 7) is 2.18. The van der Waals surface area contributed by atoms with Gasteiger partial charge in [0.25, 0.3) is 0 Å². The molecule has 1 aliphatic rings. The lowest BCUT2D eigenvalue weighted by Crippen LogP contribution is -2.45. The molecule has 0 aliphatic carbocycles. The smallest absolute Gasteiger partial charge is 0.433 e. The normalized spacial score (nSPS) is 13.7. The van der Waals surface area contributed by atoms with E-state index in [0.29, 0.717) is 37.1 Å². The third-order valence-corrected chi connectivity index (χ3v) is 4.87. The minimum atomic E-state index is -4.50. The van der Waals surface area contributed by atoms with Gasteiger partial charge in [-0.2, -0.15) is 13.2 Å². The fraction of sp³-hybridized carbons (Fsp3) is 0.450. The van der Waals surface area contributed by atoms with Gasteiger partial charge in [0, 0.05) is 39.4 Å². The van der Waals surface area contributed by atoms with Crippen LogP contribution in [0.25, 0.3) is 0 Å². The van der Waals surface area contributed by atoms with Gasteiger partial charge in [0.1, 0.15) is 5.69 Å². The molecule has 32 heavy (non-hydrogen) atoms. The number of methoxy groups -OCH3 is 2. The number of aromatic nitrogens is 2. The summed E-state index contributed by atoms with van der Waals surface area (Å²) in [4.78, 5) is 13.7. The van der Waals surface area contributed by atoms with E-state index in [1.165, 1.54) is 5.56 Å². The molecule has 2 heterocycles. The van der Waals surface area contributed by atoms with Crippen molar-refractivity contribution in [3.63, 3.8) is 0 Å². The van der Waals surface area contributed by atoms with E-state index in [9.17, 15) is 13.2 Å². The standard InChI is InChI=1S/C20H25F3N6O2.HI/c1-24-19(27-8-7-26-18-25-6-4-17(28-18)20(21,22)23)29-9-5-13-10-15(30-2)16(31-3)11-14(13)12-29;/h4,6,10-11H,5,7-9,12H2,1-3H3,(H,24,27)(H,25,26,28);1H. The van der Waals surface area contributed by atoms with E-state index in [1.54, 1.807) is 21.3 Å². The van der Waals surface area contributed by atoms with Crippen LogP contribution in [0.1, 0.15) is 16.8 Å². The van der Waals surface area contributed by atoms with Crippen molar-refractivity contribution in [1.29, 1.82) is 0 Å². The van der Waals surface area contributed by atoms with Crippen LogP contribution in [0.5, 0.6) is 11.5 Å². The molecule has 0 fully saturated rings. The highest BCUT2D eigenvalue weighted by molar-refractivity contribution is 14.0. The molecule has 12 heteroatoms. The van der Waals surface area contributed by atoms with Crippen LogP contribution < -0.4 is 20.1 Å². The zero-order valence-corrected chi connectivity index (χ0v) is 20.3. The summed E-state index contributed by atoms with van der Waals surface area (Å²) in [5.74, 6) is 2.02. The van der Waals surface area contributed by atoms with Crippen LogP contribution in [0, 0.1) is 0 Å². The van der Waals surface area contributed by atoms with Crippen molar-refractivity contribution in [2.24, 2.45) is 4.99 Å². The van der Waals surface area contributed by atoms with Crippen molar-refractivity contribution in [3.8, 4) is 11.5 Å². The predicted molar refractivity (Wildman–Crippen MR) is 126 cm³/mol. The molecule has 0 radical (unpaired) electrons. The summed E-state index contributed by atoms with van der Waals surface area (Å²) in [5.41, 5.74) is 1.35. The Hall–Kier alpha value is -2.51. The maximum Gasteiger partial charge on any atom is 0.433 e. The highest BCUT2D eigenvalue weighted by atomic mass is 127. The monoisotopic (exact) mass is 566 g/mol. The van der Waals surface area contributed by atoms with Gasteiger partial charge in [-0.1, -0.05) is 0 Å². The number of hydrogen-bond acceptors (Lipinski definition) is 6. The van der Waals surface area contributed by atoms with Crippen molar-refractivity contribution in [2.75, 3.05) is 46.2 Å². The number of halogens is 4. The topological polar surface area (TPSA) is 83.9 Å². The molecule has 1 aliphatic heterocycles. The number of ether oxygens (including phenoxy) is 2. The van der Waals surface area contributed by atoms with Gasteiger partial charge >= 0.3 is 6.18 Å². The molecule has 1 aromatic carbocycles. The van der Waals surface area contributed by atoms with E-state index in [1.807, 2.05) is 12.1 Å². The van der Waals surface area contributed by atoms with E-state index < -0.39 is 11.9 Å². The minimum absolute atomic E-state index is 0. The summed E-state index contributed by atoms with van der Waals surface area (Å²) < 4.78 is 49.0. The summed E-state index contributed by atoms with van der Waals surface area (Å²) in [6.07, 6.45) is -2.59. The van der Waals surface area contributed by atoms with Crippen LogP contribution >= 0.6 is 24.0 Å². The van der Waals surface area contributed by atoms with Crippen molar-refractivity contribution in [1.82, 2.24) is 20.2 Å². The molecule has 2 aromatic rings. The zero-order valence-electron chi connectivity index (χ0n) is 18.0. The Balaban J connectivity index is 0.00000363. The molecule has 176 valence electrons. The minimum Gasteiger partial charge on any atom is -0.493 e. The highest BCUT2D eigenvalue weighted by Gasteiger charge is 2.32. The maximum absolute atomic E-state index is 12.7. The largest absolute Gasteiger partial charge is 0.493 e. The number of anilines is 1. The number of rotatable bonds is 6. The average molecular weight is 566 g/mol. The lowest BCUT2D eigenvalue weighted by atomic mass is 9.99. The molecule has 0 unspecified atom stereocenters. The molecule has 3 rings (SSSR count). The second kappa shape index (κ2) is 11.4. The quantitative estimate of drug-likeness (QED) is 0.241. The van der Waals surface area contributed by atoms with Crippen LogP contribution in [0.4, 0.5) is 19.1 Å². The average Bonchev–Trinajstić information content (AvgIpc) is 2.77. The molecule has 0 atom stereocenters. The number of hydrogen-bond donors (Lipinski definition) is 2. The Bertz CT molecular complexity index is 942. The van der Waals surface area contributed by atoms with Gasteiger partial charge in [0.2, 0.25) is 5.95 Å². The van der Waals surface area contributed by atoms with E-state index >= 15 is 0 Å². The maximum atomic E-state index is 12.7. The first kappa shape index (κ1) is 25.7. The Kier molecular flexibility index (Phi) is 9.16. The lowest BCUT2D eigenvalue weighted by molar-refractivity contribution is -0.141. The molecule has 0 saturated heterocycles. The fourth-order valence-corrected chi connectivity index (χ4v) is 3.35. The van der Waals surface area contributed by atoms with Gasteiger partial charge in [0.05, 0.1) is 14.2 Å². The second-order valence-electron chi connectivity index (χ2n) is 6.81. The van der Waals surface area contributed by atoms with Gasteiger partial charge in [-0.3, -0.25) is 4.99 Å². The van der Waals surface area contributed by atoms with Gasteiger partial charge in [0.15, 0.2) is 17.5 Å². The number of aliphatic imine (C=N–C) groups is 1. The predicted octanol–water partition coefficient (Wildman–Crippen LogP) is 3.18. The lowest BCUT2D eigenvalue weighted by Gasteiger charge is -2.32. The Morgan fingerprint density at radius 2 is 1.84 bits per heavy atom. The van der Waals surface area contributed by atoms with Crippen LogP contribution in [0.15, 0.2) is 29.4 Å². The molecular formula is C20H26F3IN6O2. The van der Waals surface area contributed by atoms with Crippen LogP contribution in [-0.2, 0) is 19.1 Å². The highest BCUT2D eigenvalue weighted by Crippen LogP contribution is 2.33. The summed E-state index contributed by atoms with van der Waals surface area (Å²) in [6, 6.07) is 4.81. The SMILES string of the molecule is CN=C(NCCNc1nccc(C(F)(F)F)n1)N1CCc2cc(OC)c(OC)cc2C1.I. The van der Waals surface area contributed by atoms with Gasteiger partial charge in [-0.15, -0.1) is 24.0 Å². The number of nitrogens with zero attached hydrogens (tertiary/aromatic N) is 4. The van der Waals surface area contributed by atoms with E-state index in [4.69, 9.17) is 9.47 Å². The summed E-state index contributed by atoms with van der Waals surface area (Å²) in [7, 11) is 4.91. The van der Waals surface area contributed by atoms with Crippen LogP contribution in [0.3, 0.4) is 0 Å². The van der Waals surface area contributed by atoms with E-state index in [2.05, 4.69) is 30.5 Å². The van der Waals surface area contributed by atoms with Crippen molar-refractivity contribution in [3.05, 3.63) is 41.2 Å². The number of benzene rings is 1. The van der Waals surface area contributed by atoms with Crippen molar-refractivity contribution in [2.45, 2.75) is 19.1 Å². The van der Waals surface area contributed by atoms with Gasteiger partial charge in [-0.25, -0.2) is 9.97 Å². The molecule has 0 bridgehead atoms. The molecule has 2 N–H and O–H groups in total. The first-order valence-electron chi connectivity index (χ1n) is 9.69. The van der Waals surface area contributed by atoms with Crippen LogP contribution in [-0.4, -0.2) is 61.7 Å². The molecule has 0 amide bonds. The van der Waals surface area contributed by atoms with E-state index in [-0.39, 0.29) is 29.9 Å².